The number of anilines is 1. The number of para-hydroxylation sites is 1. The molecule has 150 valence electrons. The van der Waals surface area contributed by atoms with Crippen LogP contribution in [0, 0.1) is 0 Å². The largest absolute Gasteiger partial charge is 0.494 e. The number of carbonyl (C=O) groups excluding carboxylic acids is 2. The van der Waals surface area contributed by atoms with Crippen molar-refractivity contribution in [1.82, 2.24) is 4.98 Å². The van der Waals surface area contributed by atoms with Gasteiger partial charge in [0, 0.05) is 30.2 Å². The number of nitrogens with one attached hydrogen (secondary N) is 2. The Morgan fingerprint density at radius 1 is 1.10 bits per heavy atom. The quantitative estimate of drug-likeness (QED) is 0.308. The molecule has 3 aromatic rings. The summed E-state index contributed by atoms with van der Waals surface area (Å²) in [5, 5.41) is 2.71. The summed E-state index contributed by atoms with van der Waals surface area (Å²) in [6.45, 7) is 2.45. The molecule has 0 bridgehead atoms. The van der Waals surface area contributed by atoms with E-state index in [0.717, 1.165) is 22.4 Å². The fraction of sp³-hybridized carbons (Fsp3) is 0.217. The molecule has 0 saturated carbocycles. The van der Waals surface area contributed by atoms with Crippen molar-refractivity contribution in [3.05, 3.63) is 71.4 Å². The Morgan fingerprint density at radius 2 is 1.83 bits per heavy atom. The van der Waals surface area contributed by atoms with Gasteiger partial charge in [0.25, 0.3) is 0 Å². The van der Waals surface area contributed by atoms with Gasteiger partial charge in [0.15, 0.2) is 11.5 Å². The summed E-state index contributed by atoms with van der Waals surface area (Å²) in [6.07, 6.45) is 1.18. The van der Waals surface area contributed by atoms with E-state index in [1.165, 1.54) is 6.92 Å². The number of hydrogen-bond acceptors (Lipinski definition) is 4. The van der Waals surface area contributed by atoms with Crippen LogP contribution in [0.1, 0.15) is 28.5 Å². The minimum absolute atomic E-state index is 0.125. The highest BCUT2D eigenvalue weighted by Crippen LogP contribution is 2.37. The van der Waals surface area contributed by atoms with Crippen LogP contribution in [0.2, 0.25) is 0 Å². The average molecular weight is 392 g/mol. The monoisotopic (exact) mass is 392 g/mol. The fourth-order valence-corrected chi connectivity index (χ4v) is 3.29. The number of aromatic amines is 1. The molecule has 0 fully saturated rings. The van der Waals surface area contributed by atoms with E-state index in [9.17, 15) is 9.59 Å². The summed E-state index contributed by atoms with van der Waals surface area (Å²) in [5.41, 5.74) is 4.50. The Kier molecular flexibility index (Phi) is 6.81. The maximum atomic E-state index is 12.1. The van der Waals surface area contributed by atoms with Gasteiger partial charge in [0.1, 0.15) is 5.69 Å². The number of ether oxygens (including phenoxy) is 2. The van der Waals surface area contributed by atoms with Gasteiger partial charge >= 0.3 is 0 Å². The Balaban J connectivity index is 1.90. The maximum Gasteiger partial charge on any atom is 0.211 e. The summed E-state index contributed by atoms with van der Waals surface area (Å²) >= 11 is 0. The van der Waals surface area contributed by atoms with Crippen LogP contribution in [0.25, 0.3) is 11.3 Å². The molecule has 0 aliphatic heterocycles. The molecule has 0 aliphatic rings. The van der Waals surface area contributed by atoms with E-state index >= 15 is 0 Å². The van der Waals surface area contributed by atoms with Crippen molar-refractivity contribution >= 4 is 17.9 Å². The summed E-state index contributed by atoms with van der Waals surface area (Å²) in [4.78, 5) is 26.3. The molecule has 0 aliphatic carbocycles. The van der Waals surface area contributed by atoms with E-state index < -0.39 is 0 Å². The van der Waals surface area contributed by atoms with Crippen molar-refractivity contribution in [2.45, 2.75) is 20.0 Å². The third-order valence-electron chi connectivity index (χ3n) is 4.63. The van der Waals surface area contributed by atoms with E-state index in [1.54, 1.807) is 13.2 Å². The first-order valence-corrected chi connectivity index (χ1v) is 9.36. The molecule has 6 heteroatoms. The van der Waals surface area contributed by atoms with Gasteiger partial charge in [0.2, 0.25) is 6.41 Å². The third kappa shape index (κ3) is 4.73. The van der Waals surface area contributed by atoms with Gasteiger partial charge in [-0.15, -0.1) is 0 Å². The van der Waals surface area contributed by atoms with Crippen LogP contribution < -0.4 is 10.1 Å². The van der Waals surface area contributed by atoms with Crippen molar-refractivity contribution in [3.8, 4) is 17.0 Å². The van der Waals surface area contributed by atoms with Crippen molar-refractivity contribution in [2.24, 2.45) is 0 Å². The highest BCUT2D eigenvalue weighted by molar-refractivity contribution is 5.98. The molecule has 6 nitrogen and oxygen atoms in total. The van der Waals surface area contributed by atoms with Crippen LogP contribution in [0.3, 0.4) is 0 Å². The second kappa shape index (κ2) is 9.71. The van der Waals surface area contributed by atoms with E-state index in [-0.39, 0.29) is 5.78 Å². The minimum atomic E-state index is -0.125. The predicted molar refractivity (Wildman–Crippen MR) is 112 cm³/mol. The van der Waals surface area contributed by atoms with Crippen molar-refractivity contribution < 1.29 is 19.1 Å². The van der Waals surface area contributed by atoms with Crippen LogP contribution in [0.5, 0.6) is 5.75 Å². The average Bonchev–Trinajstić information content (AvgIpc) is 3.11. The van der Waals surface area contributed by atoms with E-state index in [1.807, 2.05) is 48.5 Å². The standard InChI is InChI=1S/C23H24N2O4/c1-16(27)21-23(28-2)19(12-13-29-14-17-8-4-3-5-9-17)22(25-21)18-10-6-7-11-20(18)24-15-26/h3-11,15,25H,12-14H2,1-2H3,(H,24,26). The van der Waals surface area contributed by atoms with E-state index in [4.69, 9.17) is 9.47 Å². The zero-order valence-corrected chi connectivity index (χ0v) is 16.5. The molecule has 29 heavy (non-hydrogen) atoms. The Morgan fingerprint density at radius 3 is 2.52 bits per heavy atom. The fourth-order valence-electron chi connectivity index (χ4n) is 3.29. The lowest BCUT2D eigenvalue weighted by molar-refractivity contribution is -0.105. The van der Waals surface area contributed by atoms with Crippen LogP contribution in [0.15, 0.2) is 54.6 Å². The first-order valence-electron chi connectivity index (χ1n) is 9.36. The molecule has 3 rings (SSSR count). The molecular formula is C23H24N2O4. The lowest BCUT2D eigenvalue weighted by atomic mass is 10.0. The van der Waals surface area contributed by atoms with Crippen molar-refractivity contribution in [1.29, 1.82) is 0 Å². The number of aromatic nitrogens is 1. The number of benzene rings is 2. The molecule has 0 radical (unpaired) electrons. The number of Topliss-reactive ketones (excluding diaryl/α,β-unsaturated/α-hetero) is 1. The number of amides is 1. The molecule has 0 spiro atoms. The summed E-state index contributed by atoms with van der Waals surface area (Å²) in [6, 6.07) is 17.3. The Labute approximate surface area is 169 Å². The normalized spacial score (nSPS) is 10.6. The summed E-state index contributed by atoms with van der Waals surface area (Å²) in [7, 11) is 1.54. The maximum absolute atomic E-state index is 12.1. The van der Waals surface area contributed by atoms with Crippen molar-refractivity contribution in [2.75, 3.05) is 19.0 Å². The molecule has 1 heterocycles. The van der Waals surface area contributed by atoms with Gasteiger partial charge in [-0.1, -0.05) is 48.5 Å². The lowest BCUT2D eigenvalue weighted by Crippen LogP contribution is -2.02. The second-order valence-electron chi connectivity index (χ2n) is 6.54. The Bertz CT molecular complexity index is 980. The zero-order chi connectivity index (χ0) is 20.6. The molecule has 2 aromatic carbocycles. The van der Waals surface area contributed by atoms with Gasteiger partial charge in [-0.3, -0.25) is 9.59 Å². The van der Waals surface area contributed by atoms with E-state index in [0.29, 0.717) is 43.2 Å². The molecule has 0 unspecified atom stereocenters. The topological polar surface area (TPSA) is 80.4 Å². The van der Waals surface area contributed by atoms with Crippen LogP contribution in [-0.2, 0) is 22.6 Å². The Hall–Kier alpha value is -3.38. The third-order valence-corrected chi connectivity index (χ3v) is 4.63. The molecule has 1 amide bonds. The van der Waals surface area contributed by atoms with Crippen LogP contribution in [-0.4, -0.2) is 30.9 Å². The highest BCUT2D eigenvalue weighted by atomic mass is 16.5. The van der Waals surface area contributed by atoms with Crippen LogP contribution in [0.4, 0.5) is 5.69 Å². The van der Waals surface area contributed by atoms with E-state index in [2.05, 4.69) is 10.3 Å². The molecule has 0 saturated heterocycles. The number of rotatable bonds is 10. The number of methoxy groups -OCH3 is 1. The van der Waals surface area contributed by atoms with Gasteiger partial charge in [0.05, 0.1) is 26.0 Å². The molecule has 1 aromatic heterocycles. The lowest BCUT2D eigenvalue weighted by Gasteiger charge is -2.11. The number of carbonyl (C=O) groups is 2. The number of hydrogen-bond donors (Lipinski definition) is 2. The predicted octanol–water partition coefficient (Wildman–Crippen LogP) is 4.22. The first kappa shape index (κ1) is 20.4. The molecule has 2 N–H and O–H groups in total. The summed E-state index contributed by atoms with van der Waals surface area (Å²) < 4.78 is 11.4. The van der Waals surface area contributed by atoms with Gasteiger partial charge in [-0.2, -0.15) is 0 Å². The van der Waals surface area contributed by atoms with Crippen molar-refractivity contribution in [3.63, 3.8) is 0 Å². The minimum Gasteiger partial charge on any atom is -0.494 e. The smallest absolute Gasteiger partial charge is 0.211 e. The first-order chi connectivity index (χ1) is 14.2. The second-order valence-corrected chi connectivity index (χ2v) is 6.54. The zero-order valence-electron chi connectivity index (χ0n) is 16.5. The molecular weight excluding hydrogens is 368 g/mol. The van der Waals surface area contributed by atoms with Gasteiger partial charge in [-0.25, -0.2) is 0 Å². The number of H-pyrrole nitrogens is 1. The number of ketones is 1. The highest BCUT2D eigenvalue weighted by Gasteiger charge is 2.23. The van der Waals surface area contributed by atoms with Crippen LogP contribution >= 0.6 is 0 Å². The molecule has 0 atom stereocenters. The van der Waals surface area contributed by atoms with Gasteiger partial charge < -0.3 is 19.8 Å². The van der Waals surface area contributed by atoms with Gasteiger partial charge in [-0.05, 0) is 11.6 Å². The summed E-state index contributed by atoms with van der Waals surface area (Å²) in [5.74, 6) is 0.386. The SMILES string of the molecule is COc1c(C(C)=O)[nH]c(-c2ccccc2NC=O)c1CCOCc1ccccc1.